The second kappa shape index (κ2) is 4.92. The lowest BCUT2D eigenvalue weighted by atomic mass is 10.2. The maximum Gasteiger partial charge on any atom is 0.149 e. The fraction of sp³-hybridized carbons (Fsp3) is 0.615. The van der Waals surface area contributed by atoms with Gasteiger partial charge in [-0.05, 0) is 45.4 Å². The Bertz CT molecular complexity index is 387. The van der Waals surface area contributed by atoms with Gasteiger partial charge in [0.2, 0.25) is 0 Å². The van der Waals surface area contributed by atoms with Gasteiger partial charge in [-0.15, -0.1) is 0 Å². The number of anilines is 2. The van der Waals surface area contributed by atoms with Crippen LogP contribution < -0.4 is 11.1 Å². The number of nitrogens with two attached hydrogens (primary N) is 1. The van der Waals surface area contributed by atoms with Gasteiger partial charge >= 0.3 is 0 Å². The molecule has 1 aliphatic carbocycles. The van der Waals surface area contributed by atoms with Crippen LogP contribution in [0.1, 0.15) is 25.3 Å². The van der Waals surface area contributed by atoms with E-state index in [0.717, 1.165) is 29.7 Å². The van der Waals surface area contributed by atoms with Crippen LogP contribution in [0.15, 0.2) is 12.3 Å². The maximum atomic E-state index is 5.98. The van der Waals surface area contributed by atoms with Gasteiger partial charge in [0.15, 0.2) is 0 Å². The Morgan fingerprint density at radius 1 is 1.59 bits per heavy atom. The summed E-state index contributed by atoms with van der Waals surface area (Å²) in [7, 11) is 2.19. The van der Waals surface area contributed by atoms with E-state index in [1.807, 2.05) is 13.0 Å². The summed E-state index contributed by atoms with van der Waals surface area (Å²) in [5, 5.41) is 3.34. The number of nitrogen functional groups attached to an aromatic ring is 1. The van der Waals surface area contributed by atoms with Crippen molar-refractivity contribution in [3.8, 4) is 0 Å². The number of likely N-dealkylation sites (N-methyl/N-ethyl adjacent to an activating group) is 1. The lowest BCUT2D eigenvalue weighted by Crippen LogP contribution is -2.36. The van der Waals surface area contributed by atoms with Gasteiger partial charge in [-0.1, -0.05) is 0 Å². The van der Waals surface area contributed by atoms with Gasteiger partial charge < -0.3 is 11.1 Å². The van der Waals surface area contributed by atoms with Gasteiger partial charge in [0.25, 0.3) is 0 Å². The van der Waals surface area contributed by atoms with E-state index in [9.17, 15) is 0 Å². The minimum Gasteiger partial charge on any atom is -0.396 e. The molecule has 4 nitrogen and oxygen atoms in total. The second-order valence-electron chi connectivity index (χ2n) is 5.02. The van der Waals surface area contributed by atoms with Crippen LogP contribution in [0.25, 0.3) is 0 Å². The highest BCUT2D eigenvalue weighted by atomic mass is 15.2. The van der Waals surface area contributed by atoms with Crippen molar-refractivity contribution in [3.05, 3.63) is 17.8 Å². The van der Waals surface area contributed by atoms with Crippen molar-refractivity contribution in [2.75, 3.05) is 24.6 Å². The summed E-state index contributed by atoms with van der Waals surface area (Å²) in [5.41, 5.74) is 7.81. The molecule has 1 aliphatic rings. The van der Waals surface area contributed by atoms with Crippen LogP contribution in [0.2, 0.25) is 0 Å². The molecule has 17 heavy (non-hydrogen) atoms. The van der Waals surface area contributed by atoms with E-state index >= 15 is 0 Å². The fourth-order valence-corrected chi connectivity index (χ4v) is 1.94. The number of aryl methyl sites for hydroxylation is 1. The van der Waals surface area contributed by atoms with E-state index in [2.05, 4.69) is 29.2 Å². The zero-order valence-corrected chi connectivity index (χ0v) is 10.9. The molecule has 1 unspecified atom stereocenters. The van der Waals surface area contributed by atoms with Crippen molar-refractivity contribution in [1.29, 1.82) is 0 Å². The highest BCUT2D eigenvalue weighted by Gasteiger charge is 2.28. The molecular weight excluding hydrogens is 212 g/mol. The minimum absolute atomic E-state index is 0.504. The number of nitrogens with one attached hydrogen (secondary N) is 1. The van der Waals surface area contributed by atoms with Crippen LogP contribution in [0.3, 0.4) is 0 Å². The molecule has 0 radical (unpaired) electrons. The average molecular weight is 234 g/mol. The average Bonchev–Trinajstić information content (AvgIpc) is 3.13. The van der Waals surface area contributed by atoms with Crippen molar-refractivity contribution in [2.24, 2.45) is 0 Å². The Morgan fingerprint density at radius 2 is 2.29 bits per heavy atom. The summed E-state index contributed by atoms with van der Waals surface area (Å²) in [6, 6.07) is 3.22. The number of aromatic nitrogens is 1. The second-order valence-corrected chi connectivity index (χ2v) is 5.02. The molecule has 0 saturated heterocycles. The van der Waals surface area contributed by atoms with Crippen LogP contribution >= 0.6 is 0 Å². The quantitative estimate of drug-likeness (QED) is 0.816. The Kier molecular flexibility index (Phi) is 3.52. The summed E-state index contributed by atoms with van der Waals surface area (Å²) >= 11 is 0. The van der Waals surface area contributed by atoms with Crippen molar-refractivity contribution in [2.45, 2.75) is 38.8 Å². The standard InChI is InChI=1S/C13H22N4/c1-9-6-7-15-13(12(9)14)16-8-10(2)17(3)11-4-5-11/h6-7,10-11H,4-5,8,14H2,1-3H3,(H,15,16). The number of hydrogen-bond acceptors (Lipinski definition) is 4. The first-order chi connectivity index (χ1) is 8.09. The van der Waals surface area contributed by atoms with E-state index in [1.54, 1.807) is 6.20 Å². The molecule has 4 heteroatoms. The molecule has 1 fully saturated rings. The van der Waals surface area contributed by atoms with Gasteiger partial charge in [0, 0.05) is 24.8 Å². The largest absolute Gasteiger partial charge is 0.396 e. The van der Waals surface area contributed by atoms with E-state index < -0.39 is 0 Å². The van der Waals surface area contributed by atoms with Crippen molar-refractivity contribution in [3.63, 3.8) is 0 Å². The number of rotatable bonds is 5. The Morgan fingerprint density at radius 3 is 2.94 bits per heavy atom. The third-order valence-corrected chi connectivity index (χ3v) is 3.59. The summed E-state index contributed by atoms with van der Waals surface area (Å²) in [6.07, 6.45) is 4.47. The molecule has 3 N–H and O–H groups in total. The highest BCUT2D eigenvalue weighted by molar-refractivity contribution is 5.64. The molecule has 1 heterocycles. The Labute approximate surface area is 103 Å². The Balaban J connectivity index is 1.90. The molecule has 0 aromatic carbocycles. The normalized spacial score (nSPS) is 17.2. The summed E-state index contributed by atoms with van der Waals surface area (Å²) in [6.45, 7) is 5.12. The van der Waals surface area contributed by atoms with Crippen LogP contribution in [0, 0.1) is 6.92 Å². The minimum atomic E-state index is 0.504. The monoisotopic (exact) mass is 234 g/mol. The van der Waals surface area contributed by atoms with E-state index in [0.29, 0.717) is 6.04 Å². The predicted octanol–water partition coefficient (Wildman–Crippen LogP) is 1.87. The first-order valence-corrected chi connectivity index (χ1v) is 6.26. The van der Waals surface area contributed by atoms with Crippen LogP contribution in [0.5, 0.6) is 0 Å². The van der Waals surface area contributed by atoms with Gasteiger partial charge in [-0.2, -0.15) is 0 Å². The SMILES string of the molecule is Cc1ccnc(NCC(C)N(C)C2CC2)c1N. The summed E-state index contributed by atoms with van der Waals surface area (Å²) < 4.78 is 0. The molecule has 94 valence electrons. The number of pyridine rings is 1. The first kappa shape index (κ1) is 12.2. The molecule has 0 spiro atoms. The lowest BCUT2D eigenvalue weighted by molar-refractivity contribution is 0.257. The van der Waals surface area contributed by atoms with Crippen molar-refractivity contribution < 1.29 is 0 Å². The maximum absolute atomic E-state index is 5.98. The van der Waals surface area contributed by atoms with Gasteiger partial charge in [-0.3, -0.25) is 4.90 Å². The van der Waals surface area contributed by atoms with Crippen LogP contribution in [-0.2, 0) is 0 Å². The van der Waals surface area contributed by atoms with E-state index in [-0.39, 0.29) is 0 Å². The summed E-state index contributed by atoms with van der Waals surface area (Å²) in [5.74, 6) is 0.807. The highest BCUT2D eigenvalue weighted by Crippen LogP contribution is 2.27. The zero-order valence-electron chi connectivity index (χ0n) is 10.9. The molecular formula is C13H22N4. The molecule has 2 rings (SSSR count). The number of nitrogens with zero attached hydrogens (tertiary/aromatic N) is 2. The van der Waals surface area contributed by atoms with Gasteiger partial charge in [0.05, 0.1) is 5.69 Å². The molecule has 0 amide bonds. The summed E-state index contributed by atoms with van der Waals surface area (Å²) in [4.78, 5) is 6.71. The molecule has 1 aromatic rings. The molecule has 1 saturated carbocycles. The fourth-order valence-electron chi connectivity index (χ4n) is 1.94. The Hall–Kier alpha value is -1.29. The van der Waals surface area contributed by atoms with Gasteiger partial charge in [0.1, 0.15) is 5.82 Å². The third-order valence-electron chi connectivity index (χ3n) is 3.59. The van der Waals surface area contributed by atoms with Crippen LogP contribution in [0.4, 0.5) is 11.5 Å². The number of hydrogen-bond donors (Lipinski definition) is 2. The molecule has 1 aromatic heterocycles. The zero-order chi connectivity index (χ0) is 12.4. The van der Waals surface area contributed by atoms with Crippen LogP contribution in [-0.4, -0.2) is 35.6 Å². The van der Waals surface area contributed by atoms with E-state index in [4.69, 9.17) is 5.73 Å². The first-order valence-electron chi connectivity index (χ1n) is 6.26. The predicted molar refractivity (Wildman–Crippen MR) is 72.1 cm³/mol. The molecule has 0 bridgehead atoms. The third kappa shape index (κ3) is 2.88. The van der Waals surface area contributed by atoms with Crippen molar-refractivity contribution in [1.82, 2.24) is 9.88 Å². The van der Waals surface area contributed by atoms with Gasteiger partial charge in [-0.25, -0.2) is 4.98 Å². The molecule has 0 aliphatic heterocycles. The van der Waals surface area contributed by atoms with E-state index in [1.165, 1.54) is 12.8 Å². The van der Waals surface area contributed by atoms with Crippen molar-refractivity contribution >= 4 is 11.5 Å². The smallest absolute Gasteiger partial charge is 0.149 e. The topological polar surface area (TPSA) is 54.2 Å². The molecule has 1 atom stereocenters. The lowest BCUT2D eigenvalue weighted by Gasteiger charge is -2.25.